The minimum Gasteiger partial charge on any atom is -0.375 e. The molecule has 1 aromatic rings. The topological polar surface area (TPSA) is 61.9 Å². The zero-order valence-corrected chi connectivity index (χ0v) is 17.5. The molecule has 0 aromatic heterocycles. The Morgan fingerprint density at radius 2 is 1.97 bits per heavy atom. The Morgan fingerprint density at radius 3 is 2.66 bits per heavy atom. The van der Waals surface area contributed by atoms with Crippen LogP contribution in [0, 0.1) is 23.6 Å². The van der Waals surface area contributed by atoms with E-state index in [0.717, 1.165) is 31.5 Å². The van der Waals surface area contributed by atoms with Crippen LogP contribution in [0.2, 0.25) is 0 Å². The highest BCUT2D eigenvalue weighted by molar-refractivity contribution is 5.85. The Bertz CT molecular complexity index is 744. The van der Waals surface area contributed by atoms with Crippen LogP contribution >= 0.6 is 12.4 Å². The van der Waals surface area contributed by atoms with E-state index in [9.17, 15) is 14.0 Å². The van der Waals surface area contributed by atoms with Gasteiger partial charge in [0.2, 0.25) is 11.8 Å². The molecule has 3 saturated heterocycles. The van der Waals surface area contributed by atoms with Gasteiger partial charge in [-0.05, 0) is 43.6 Å². The third-order valence-electron chi connectivity index (χ3n) is 6.44. The molecule has 6 nitrogen and oxygen atoms in total. The summed E-state index contributed by atoms with van der Waals surface area (Å²) in [6, 6.07) is 6.27. The number of carbonyl (C=O) groups is 2. The van der Waals surface area contributed by atoms with E-state index < -0.39 is 0 Å². The summed E-state index contributed by atoms with van der Waals surface area (Å²) < 4.78 is 18.9. The van der Waals surface area contributed by atoms with Gasteiger partial charge in [-0.25, -0.2) is 4.39 Å². The third-order valence-corrected chi connectivity index (χ3v) is 6.44. The van der Waals surface area contributed by atoms with Gasteiger partial charge in [0.15, 0.2) is 0 Å². The fourth-order valence-corrected chi connectivity index (χ4v) is 5.13. The van der Waals surface area contributed by atoms with Crippen molar-refractivity contribution in [3.63, 3.8) is 0 Å². The number of halogens is 2. The van der Waals surface area contributed by atoms with E-state index in [4.69, 9.17) is 4.74 Å². The molecular formula is C21H29ClFN3O3. The van der Waals surface area contributed by atoms with E-state index in [0.29, 0.717) is 19.6 Å². The van der Waals surface area contributed by atoms with Crippen LogP contribution in [0.15, 0.2) is 24.3 Å². The lowest BCUT2D eigenvalue weighted by Gasteiger charge is -2.31. The fourth-order valence-electron chi connectivity index (χ4n) is 5.13. The van der Waals surface area contributed by atoms with E-state index >= 15 is 0 Å². The Balaban J connectivity index is 0.00000240. The molecule has 3 heterocycles. The number of fused-ring (bicyclic) bond motifs is 1. The number of methoxy groups -OCH3 is 1. The largest absolute Gasteiger partial charge is 0.375 e. The Hall–Kier alpha value is -1.70. The highest BCUT2D eigenvalue weighted by Crippen LogP contribution is 2.45. The van der Waals surface area contributed by atoms with Crippen molar-refractivity contribution in [1.29, 1.82) is 0 Å². The number of piperidine rings is 1. The highest BCUT2D eigenvalue weighted by atomic mass is 35.5. The molecule has 3 fully saturated rings. The lowest BCUT2D eigenvalue weighted by Crippen LogP contribution is -2.42. The molecule has 0 bridgehead atoms. The molecule has 3 atom stereocenters. The average molecular weight is 426 g/mol. The first-order chi connectivity index (χ1) is 13.6. The Morgan fingerprint density at radius 1 is 1.21 bits per heavy atom. The summed E-state index contributed by atoms with van der Waals surface area (Å²) in [5, 5.41) is 3.30. The monoisotopic (exact) mass is 425 g/mol. The zero-order valence-electron chi connectivity index (χ0n) is 16.7. The zero-order chi connectivity index (χ0) is 19.7. The van der Waals surface area contributed by atoms with E-state index in [2.05, 4.69) is 5.32 Å². The number of hydrogen-bond acceptors (Lipinski definition) is 4. The van der Waals surface area contributed by atoms with Gasteiger partial charge in [-0.3, -0.25) is 9.59 Å². The predicted molar refractivity (Wildman–Crippen MR) is 109 cm³/mol. The van der Waals surface area contributed by atoms with Gasteiger partial charge >= 0.3 is 0 Å². The maximum absolute atomic E-state index is 13.9. The summed E-state index contributed by atoms with van der Waals surface area (Å²) in [5.74, 6) is 0.304. The molecule has 0 radical (unpaired) electrons. The first kappa shape index (κ1) is 22.0. The number of nitrogens with zero attached hydrogens (tertiary/aromatic N) is 2. The number of nitrogens with one attached hydrogen (secondary N) is 1. The van der Waals surface area contributed by atoms with Crippen LogP contribution in [-0.4, -0.2) is 68.1 Å². The minimum absolute atomic E-state index is 0. The van der Waals surface area contributed by atoms with Gasteiger partial charge in [0.25, 0.3) is 0 Å². The third kappa shape index (κ3) is 4.42. The summed E-state index contributed by atoms with van der Waals surface area (Å²) in [5.41, 5.74) is 0.799. The van der Waals surface area contributed by atoms with Gasteiger partial charge in [0.05, 0.1) is 6.04 Å². The van der Waals surface area contributed by atoms with Crippen LogP contribution in [0.25, 0.3) is 0 Å². The fraction of sp³-hybridized carbons (Fsp3) is 0.619. The van der Waals surface area contributed by atoms with Crippen LogP contribution in [-0.2, 0) is 14.3 Å². The molecular weight excluding hydrogens is 397 g/mol. The lowest BCUT2D eigenvalue weighted by molar-refractivity contribution is -0.137. The van der Waals surface area contributed by atoms with Crippen molar-refractivity contribution in [3.05, 3.63) is 35.6 Å². The lowest BCUT2D eigenvalue weighted by atomic mass is 9.89. The van der Waals surface area contributed by atoms with Gasteiger partial charge in [0, 0.05) is 44.5 Å². The van der Waals surface area contributed by atoms with Gasteiger partial charge in [-0.15, -0.1) is 12.4 Å². The summed E-state index contributed by atoms with van der Waals surface area (Å²) in [7, 11) is 1.51. The summed E-state index contributed by atoms with van der Waals surface area (Å²) in [6.45, 7) is 3.69. The van der Waals surface area contributed by atoms with Crippen LogP contribution < -0.4 is 5.32 Å². The van der Waals surface area contributed by atoms with Gasteiger partial charge in [-0.2, -0.15) is 0 Å². The quantitative estimate of drug-likeness (QED) is 0.799. The standard InChI is InChI=1S/C21H28FN3O3.ClH/c1-28-13-19(26)25-11-16-10-24(21(27)14-5-7-23-8-6-14)12-18(16)20(25)15-3-2-4-17(22)9-15;/h2-4,9,14,16,18,20,23H,5-8,10-13H2,1H3;1H/t16-,18-,20+;/m1./s1. The molecule has 29 heavy (non-hydrogen) atoms. The van der Waals surface area contributed by atoms with Crippen LogP contribution in [0.5, 0.6) is 0 Å². The van der Waals surface area contributed by atoms with E-state index in [-0.39, 0.29) is 60.4 Å². The second-order valence-electron chi connectivity index (χ2n) is 8.17. The summed E-state index contributed by atoms with van der Waals surface area (Å²) in [4.78, 5) is 29.4. The second kappa shape index (κ2) is 9.41. The molecule has 160 valence electrons. The molecule has 3 aliphatic heterocycles. The summed E-state index contributed by atoms with van der Waals surface area (Å²) in [6.07, 6.45) is 1.77. The molecule has 4 rings (SSSR count). The molecule has 1 aromatic carbocycles. The van der Waals surface area contributed by atoms with Gasteiger partial charge < -0.3 is 19.9 Å². The summed E-state index contributed by atoms with van der Waals surface area (Å²) >= 11 is 0. The van der Waals surface area contributed by atoms with Crippen molar-refractivity contribution in [2.45, 2.75) is 18.9 Å². The Labute approximate surface area is 177 Å². The molecule has 8 heteroatoms. The maximum Gasteiger partial charge on any atom is 0.249 e. The van der Waals surface area contributed by atoms with Crippen molar-refractivity contribution < 1.29 is 18.7 Å². The van der Waals surface area contributed by atoms with Crippen LogP contribution in [0.4, 0.5) is 4.39 Å². The second-order valence-corrected chi connectivity index (χ2v) is 8.17. The van der Waals surface area contributed by atoms with Crippen LogP contribution in [0.3, 0.4) is 0 Å². The molecule has 0 spiro atoms. The van der Waals surface area contributed by atoms with Gasteiger partial charge in [-0.1, -0.05) is 12.1 Å². The smallest absolute Gasteiger partial charge is 0.249 e. The normalized spacial score (nSPS) is 26.9. The molecule has 2 amide bonds. The maximum atomic E-state index is 13.9. The van der Waals surface area contributed by atoms with E-state index in [1.54, 1.807) is 6.07 Å². The number of amides is 2. The number of hydrogen-bond donors (Lipinski definition) is 1. The number of rotatable bonds is 4. The predicted octanol–water partition coefficient (Wildman–Crippen LogP) is 1.85. The Kier molecular flexibility index (Phi) is 7.14. The van der Waals surface area contributed by atoms with Gasteiger partial charge in [0.1, 0.15) is 12.4 Å². The molecule has 1 N–H and O–H groups in total. The molecule has 0 aliphatic carbocycles. The van der Waals surface area contributed by atoms with Crippen LogP contribution in [0.1, 0.15) is 24.4 Å². The molecule has 3 aliphatic rings. The number of ether oxygens (including phenoxy) is 1. The van der Waals surface area contributed by atoms with Crippen molar-refractivity contribution >= 4 is 24.2 Å². The molecule has 0 saturated carbocycles. The van der Waals surface area contributed by atoms with E-state index in [1.165, 1.54) is 19.2 Å². The van der Waals surface area contributed by atoms with Crippen molar-refractivity contribution in [3.8, 4) is 0 Å². The number of benzene rings is 1. The van der Waals surface area contributed by atoms with E-state index in [1.807, 2.05) is 15.9 Å². The van der Waals surface area contributed by atoms with Crippen molar-refractivity contribution in [2.24, 2.45) is 17.8 Å². The SMILES string of the molecule is COCC(=O)N1C[C@H]2CN(C(=O)C3CCNCC3)C[C@H]2[C@@H]1c1cccc(F)c1.Cl. The van der Waals surface area contributed by atoms with Crippen molar-refractivity contribution in [1.82, 2.24) is 15.1 Å². The first-order valence-corrected chi connectivity index (χ1v) is 10.1. The number of likely N-dealkylation sites (tertiary alicyclic amines) is 2. The average Bonchev–Trinajstić information content (AvgIpc) is 3.26. The first-order valence-electron chi connectivity index (χ1n) is 10.1. The highest BCUT2D eigenvalue weighted by Gasteiger charge is 2.50. The molecule has 0 unspecified atom stereocenters. The van der Waals surface area contributed by atoms with Crippen molar-refractivity contribution in [2.75, 3.05) is 46.4 Å². The minimum atomic E-state index is -0.305. The number of carbonyl (C=O) groups excluding carboxylic acids is 2.